The van der Waals surface area contributed by atoms with Crippen molar-refractivity contribution in [1.82, 2.24) is 24.5 Å². The van der Waals surface area contributed by atoms with Gasteiger partial charge in [0.1, 0.15) is 0 Å². The van der Waals surface area contributed by atoms with Gasteiger partial charge in [0.25, 0.3) is 5.78 Å². The summed E-state index contributed by atoms with van der Waals surface area (Å²) in [5.74, 6) is 0.755. The van der Waals surface area contributed by atoms with Crippen LogP contribution in [0.5, 0.6) is 0 Å². The van der Waals surface area contributed by atoms with Gasteiger partial charge in [0.05, 0.1) is 5.25 Å². The van der Waals surface area contributed by atoms with Crippen molar-refractivity contribution in [3.63, 3.8) is 0 Å². The van der Waals surface area contributed by atoms with Gasteiger partial charge in [-0.2, -0.15) is 4.98 Å². The summed E-state index contributed by atoms with van der Waals surface area (Å²) < 4.78 is 1.64. The molecule has 124 valence electrons. The molecule has 1 atom stereocenters. The van der Waals surface area contributed by atoms with Crippen molar-refractivity contribution in [2.75, 3.05) is 6.54 Å². The molecular weight excluding hydrogens is 310 g/mol. The van der Waals surface area contributed by atoms with Gasteiger partial charge in [-0.15, -0.1) is 5.10 Å². The van der Waals surface area contributed by atoms with Gasteiger partial charge in [0.2, 0.25) is 11.1 Å². The largest absolute Gasteiger partial charge is 0.339 e. The van der Waals surface area contributed by atoms with Crippen molar-refractivity contribution in [3.8, 4) is 0 Å². The zero-order valence-electron chi connectivity index (χ0n) is 13.7. The Kier molecular flexibility index (Phi) is 5.15. The molecule has 2 aromatic heterocycles. The fraction of sp³-hybridized carbons (Fsp3) is 0.625. The lowest BCUT2D eigenvalue weighted by Crippen LogP contribution is -2.44. The predicted molar refractivity (Wildman–Crippen MR) is 90.4 cm³/mol. The van der Waals surface area contributed by atoms with Crippen molar-refractivity contribution >= 4 is 23.4 Å². The Morgan fingerprint density at radius 1 is 1.43 bits per heavy atom. The van der Waals surface area contributed by atoms with E-state index < -0.39 is 0 Å². The van der Waals surface area contributed by atoms with E-state index in [-0.39, 0.29) is 11.2 Å². The van der Waals surface area contributed by atoms with Gasteiger partial charge >= 0.3 is 0 Å². The first-order chi connectivity index (χ1) is 11.2. The Balaban J connectivity index is 1.68. The van der Waals surface area contributed by atoms with E-state index in [2.05, 4.69) is 22.0 Å². The second kappa shape index (κ2) is 7.29. The molecule has 0 saturated heterocycles. The van der Waals surface area contributed by atoms with E-state index in [1.165, 1.54) is 31.0 Å². The van der Waals surface area contributed by atoms with Gasteiger partial charge in [-0.1, -0.05) is 31.0 Å². The van der Waals surface area contributed by atoms with E-state index in [9.17, 15) is 4.79 Å². The highest BCUT2D eigenvalue weighted by molar-refractivity contribution is 8.00. The normalized spacial score (nSPS) is 17.3. The van der Waals surface area contributed by atoms with Crippen LogP contribution < -0.4 is 0 Å². The molecule has 7 heteroatoms. The average molecular weight is 333 g/mol. The summed E-state index contributed by atoms with van der Waals surface area (Å²) in [4.78, 5) is 23.4. The predicted octanol–water partition coefficient (Wildman–Crippen LogP) is 2.79. The van der Waals surface area contributed by atoms with E-state index in [1.807, 2.05) is 24.1 Å². The summed E-state index contributed by atoms with van der Waals surface area (Å²) in [5, 5.41) is 4.78. The third-order valence-electron chi connectivity index (χ3n) is 4.37. The van der Waals surface area contributed by atoms with Crippen molar-refractivity contribution < 1.29 is 4.79 Å². The maximum absolute atomic E-state index is 12.8. The standard InChI is InChI=1S/C16H23N5OS/c1-3-20(13-8-5-4-6-9-13)14(22)12(2)23-16-18-15-17-10-7-11-21(15)19-16/h7,10-13H,3-6,8-9H2,1-2H3. The van der Waals surface area contributed by atoms with E-state index in [0.717, 1.165) is 19.4 Å². The summed E-state index contributed by atoms with van der Waals surface area (Å²) in [6.07, 6.45) is 9.53. The molecule has 0 aromatic carbocycles. The summed E-state index contributed by atoms with van der Waals surface area (Å²) in [5.41, 5.74) is 0. The molecule has 3 rings (SSSR count). The van der Waals surface area contributed by atoms with Crippen LogP contribution in [-0.2, 0) is 4.79 Å². The summed E-state index contributed by atoms with van der Waals surface area (Å²) in [6, 6.07) is 2.21. The molecule has 1 aliphatic rings. The number of thioether (sulfide) groups is 1. The first kappa shape index (κ1) is 16.2. The van der Waals surface area contributed by atoms with E-state index in [0.29, 0.717) is 17.0 Å². The van der Waals surface area contributed by atoms with Gasteiger partial charge in [-0.25, -0.2) is 9.50 Å². The number of carbonyl (C=O) groups excluding carboxylic acids is 1. The summed E-state index contributed by atoms with van der Waals surface area (Å²) in [6.45, 7) is 4.78. The molecule has 0 N–H and O–H groups in total. The number of rotatable bonds is 5. The molecule has 0 bridgehead atoms. The average Bonchev–Trinajstić information content (AvgIpc) is 2.98. The minimum Gasteiger partial charge on any atom is -0.339 e. The summed E-state index contributed by atoms with van der Waals surface area (Å²) in [7, 11) is 0. The molecule has 6 nitrogen and oxygen atoms in total. The van der Waals surface area contributed by atoms with Crippen molar-refractivity contribution in [1.29, 1.82) is 0 Å². The van der Waals surface area contributed by atoms with E-state index in [4.69, 9.17) is 0 Å². The fourth-order valence-electron chi connectivity index (χ4n) is 3.19. The number of hydrogen-bond donors (Lipinski definition) is 0. The lowest BCUT2D eigenvalue weighted by molar-refractivity contribution is -0.133. The first-order valence-corrected chi connectivity index (χ1v) is 9.21. The molecule has 2 heterocycles. The maximum Gasteiger partial charge on any atom is 0.253 e. The number of fused-ring (bicyclic) bond motifs is 1. The second-order valence-corrected chi connectivity index (χ2v) is 7.24. The molecule has 0 radical (unpaired) electrons. The molecule has 1 unspecified atom stereocenters. The Morgan fingerprint density at radius 3 is 2.91 bits per heavy atom. The third-order valence-corrected chi connectivity index (χ3v) is 5.31. The van der Waals surface area contributed by atoms with Crippen LogP contribution in [-0.4, -0.2) is 48.2 Å². The highest BCUT2D eigenvalue weighted by Gasteiger charge is 2.28. The minimum atomic E-state index is -0.186. The number of carbonyl (C=O) groups is 1. The van der Waals surface area contributed by atoms with Gasteiger partial charge in [0.15, 0.2) is 0 Å². The Bertz CT molecular complexity index is 634. The molecule has 1 amide bonds. The quantitative estimate of drug-likeness (QED) is 0.787. The molecule has 1 saturated carbocycles. The smallest absolute Gasteiger partial charge is 0.253 e. The zero-order valence-corrected chi connectivity index (χ0v) is 14.5. The van der Waals surface area contributed by atoms with Gasteiger partial charge < -0.3 is 4.90 Å². The second-order valence-electron chi connectivity index (χ2n) is 5.93. The van der Waals surface area contributed by atoms with Crippen LogP contribution in [0.2, 0.25) is 0 Å². The first-order valence-electron chi connectivity index (χ1n) is 8.33. The van der Waals surface area contributed by atoms with Gasteiger partial charge in [-0.3, -0.25) is 4.79 Å². The van der Waals surface area contributed by atoms with Crippen molar-refractivity contribution in [2.24, 2.45) is 0 Å². The van der Waals surface area contributed by atoms with Crippen LogP contribution in [0.4, 0.5) is 0 Å². The topological polar surface area (TPSA) is 63.4 Å². The van der Waals surface area contributed by atoms with Crippen LogP contribution >= 0.6 is 11.8 Å². The number of nitrogens with zero attached hydrogens (tertiary/aromatic N) is 5. The van der Waals surface area contributed by atoms with E-state index in [1.54, 1.807) is 10.7 Å². The van der Waals surface area contributed by atoms with Crippen LogP contribution in [0.3, 0.4) is 0 Å². The van der Waals surface area contributed by atoms with Crippen molar-refractivity contribution in [3.05, 3.63) is 18.5 Å². The highest BCUT2D eigenvalue weighted by Crippen LogP contribution is 2.26. The minimum absolute atomic E-state index is 0.186. The molecule has 0 aliphatic heterocycles. The number of hydrogen-bond acceptors (Lipinski definition) is 5. The van der Waals surface area contributed by atoms with Crippen LogP contribution in [0.1, 0.15) is 46.0 Å². The third kappa shape index (κ3) is 3.65. The Hall–Kier alpha value is -1.63. The summed E-state index contributed by atoms with van der Waals surface area (Å²) >= 11 is 1.41. The van der Waals surface area contributed by atoms with E-state index >= 15 is 0 Å². The maximum atomic E-state index is 12.8. The van der Waals surface area contributed by atoms with Crippen molar-refractivity contribution in [2.45, 2.75) is 62.4 Å². The zero-order chi connectivity index (χ0) is 16.2. The molecule has 2 aromatic rings. The Morgan fingerprint density at radius 2 is 2.22 bits per heavy atom. The Labute approximate surface area is 140 Å². The van der Waals surface area contributed by atoms with Crippen LogP contribution in [0.15, 0.2) is 23.6 Å². The van der Waals surface area contributed by atoms with Crippen LogP contribution in [0, 0.1) is 0 Å². The SMILES string of the molecule is CCN(C(=O)C(C)Sc1nc2ncccn2n1)C1CCCCC1. The fourth-order valence-corrected chi connectivity index (χ4v) is 4.01. The molecule has 23 heavy (non-hydrogen) atoms. The van der Waals surface area contributed by atoms with Gasteiger partial charge in [0, 0.05) is 25.0 Å². The highest BCUT2D eigenvalue weighted by atomic mass is 32.2. The number of amides is 1. The molecule has 1 aliphatic carbocycles. The lowest BCUT2D eigenvalue weighted by Gasteiger charge is -2.35. The van der Waals surface area contributed by atoms with Crippen LogP contribution in [0.25, 0.3) is 5.78 Å². The monoisotopic (exact) mass is 333 g/mol. The molecule has 0 spiro atoms. The lowest BCUT2D eigenvalue weighted by atomic mass is 9.94. The number of aromatic nitrogens is 4. The van der Waals surface area contributed by atoms with Gasteiger partial charge in [-0.05, 0) is 32.8 Å². The molecular formula is C16H23N5OS. The molecule has 1 fully saturated rings.